The first-order valence-electron chi connectivity index (χ1n) is 7.65. The van der Waals surface area contributed by atoms with Crippen LogP contribution in [0.1, 0.15) is 34.2 Å². The van der Waals surface area contributed by atoms with Crippen molar-refractivity contribution in [1.82, 2.24) is 14.7 Å². The Morgan fingerprint density at radius 2 is 2.13 bits per heavy atom. The number of aromatic nitrogens is 2. The molecule has 1 amide bonds. The third kappa shape index (κ3) is 4.19. The summed E-state index contributed by atoms with van der Waals surface area (Å²) in [6.45, 7) is 6.86. The molecule has 0 spiro atoms. The molecule has 1 aromatic heterocycles. The average molecular weight is 310 g/mol. The zero-order chi connectivity index (χ0) is 17.0. The fraction of sp³-hybridized carbons (Fsp3) is 0.389. The summed E-state index contributed by atoms with van der Waals surface area (Å²) in [5.74, 6) is -0.246. The van der Waals surface area contributed by atoms with Gasteiger partial charge in [-0.3, -0.25) is 9.48 Å². The normalized spacial score (nSPS) is 11.8. The third-order valence-electron chi connectivity index (χ3n) is 3.72. The lowest BCUT2D eigenvalue weighted by Crippen LogP contribution is -2.30. The van der Waals surface area contributed by atoms with Crippen molar-refractivity contribution in [2.75, 3.05) is 13.6 Å². The van der Waals surface area contributed by atoms with Gasteiger partial charge in [0.15, 0.2) is 0 Å². The van der Waals surface area contributed by atoms with Gasteiger partial charge in [-0.05, 0) is 44.5 Å². The Kier molecular flexibility index (Phi) is 5.17. The summed E-state index contributed by atoms with van der Waals surface area (Å²) in [7, 11) is 1.73. The monoisotopic (exact) mass is 310 g/mol. The van der Waals surface area contributed by atoms with Crippen molar-refractivity contribution in [2.24, 2.45) is 5.92 Å². The van der Waals surface area contributed by atoms with Gasteiger partial charge in [0.25, 0.3) is 5.91 Å². The fourth-order valence-electron chi connectivity index (χ4n) is 2.57. The van der Waals surface area contributed by atoms with E-state index in [1.165, 1.54) is 0 Å². The van der Waals surface area contributed by atoms with Crippen molar-refractivity contribution in [1.29, 1.82) is 5.26 Å². The lowest BCUT2D eigenvalue weighted by atomic mass is 10.1. The maximum Gasteiger partial charge on any atom is 0.253 e. The Hall–Kier alpha value is -2.61. The fourth-order valence-corrected chi connectivity index (χ4v) is 2.57. The summed E-state index contributed by atoms with van der Waals surface area (Å²) in [4.78, 5) is 14.1. The zero-order valence-electron chi connectivity index (χ0n) is 14.1. The van der Waals surface area contributed by atoms with Crippen molar-refractivity contribution in [2.45, 2.75) is 27.3 Å². The van der Waals surface area contributed by atoms with Crippen molar-refractivity contribution in [3.05, 3.63) is 52.8 Å². The van der Waals surface area contributed by atoms with Crippen molar-refractivity contribution >= 4 is 5.91 Å². The number of carbonyl (C=O) groups excluding carboxylic acids is 1. The molecule has 0 unspecified atom stereocenters. The molecule has 0 saturated heterocycles. The van der Waals surface area contributed by atoms with E-state index in [-0.39, 0.29) is 11.8 Å². The van der Waals surface area contributed by atoms with Gasteiger partial charge >= 0.3 is 0 Å². The molecule has 0 aliphatic heterocycles. The number of hydrogen-bond acceptors (Lipinski definition) is 3. The van der Waals surface area contributed by atoms with E-state index in [0.29, 0.717) is 18.7 Å². The number of benzene rings is 1. The first-order chi connectivity index (χ1) is 10.9. The van der Waals surface area contributed by atoms with E-state index < -0.39 is 0 Å². The second-order valence-electron chi connectivity index (χ2n) is 6.00. The van der Waals surface area contributed by atoms with Crippen molar-refractivity contribution < 1.29 is 4.79 Å². The second-order valence-corrected chi connectivity index (χ2v) is 6.00. The quantitative estimate of drug-likeness (QED) is 0.853. The molecule has 23 heavy (non-hydrogen) atoms. The molecule has 0 aliphatic rings. The molecular formula is C18H22N4O. The van der Waals surface area contributed by atoms with Crippen LogP contribution in [0.4, 0.5) is 0 Å². The van der Waals surface area contributed by atoms with Crippen LogP contribution in [0.5, 0.6) is 0 Å². The van der Waals surface area contributed by atoms with Crippen LogP contribution in [-0.4, -0.2) is 34.2 Å². The van der Waals surface area contributed by atoms with Gasteiger partial charge in [0.1, 0.15) is 0 Å². The van der Waals surface area contributed by atoms with Crippen molar-refractivity contribution in [3.63, 3.8) is 0 Å². The molecule has 1 aromatic carbocycles. The average Bonchev–Trinajstić information content (AvgIpc) is 2.84. The topological polar surface area (TPSA) is 61.9 Å². The summed E-state index contributed by atoms with van der Waals surface area (Å²) < 4.78 is 1.93. The molecule has 2 rings (SSSR count). The maximum atomic E-state index is 12.5. The van der Waals surface area contributed by atoms with Gasteiger partial charge in [-0.15, -0.1) is 0 Å². The van der Waals surface area contributed by atoms with Crippen LogP contribution in [0.15, 0.2) is 30.3 Å². The Labute approximate surface area is 137 Å². The summed E-state index contributed by atoms with van der Waals surface area (Å²) in [5, 5.41) is 13.3. The summed E-state index contributed by atoms with van der Waals surface area (Å²) in [6.07, 6.45) is 0. The smallest absolute Gasteiger partial charge is 0.253 e. The van der Waals surface area contributed by atoms with Crippen LogP contribution in [-0.2, 0) is 6.54 Å². The predicted octanol–water partition coefficient (Wildman–Crippen LogP) is 2.78. The molecule has 0 bridgehead atoms. The minimum absolute atomic E-state index is 0.0673. The summed E-state index contributed by atoms with van der Waals surface area (Å²) in [6, 6.07) is 11.8. The molecule has 0 aliphatic carbocycles. The Bertz CT molecular complexity index is 742. The van der Waals surface area contributed by atoms with Crippen molar-refractivity contribution in [3.8, 4) is 6.07 Å². The van der Waals surface area contributed by atoms with Gasteiger partial charge < -0.3 is 4.90 Å². The molecule has 120 valence electrons. The van der Waals surface area contributed by atoms with Gasteiger partial charge in [0.2, 0.25) is 0 Å². The standard InChI is InChI=1S/C18H22N4O/c1-13(10-19)11-21(4)18(23)17-7-5-6-16(9-17)12-22-15(3)8-14(2)20-22/h5-9,13H,11-12H2,1-4H3/t13-/m1/s1. The minimum atomic E-state index is -0.179. The van der Waals surface area contributed by atoms with E-state index in [2.05, 4.69) is 11.2 Å². The Morgan fingerprint density at radius 3 is 2.74 bits per heavy atom. The summed E-state index contributed by atoms with van der Waals surface area (Å²) in [5.41, 5.74) is 3.75. The third-order valence-corrected chi connectivity index (χ3v) is 3.72. The van der Waals surface area contributed by atoms with Crippen LogP contribution < -0.4 is 0 Å². The Morgan fingerprint density at radius 1 is 1.39 bits per heavy atom. The highest BCUT2D eigenvalue weighted by atomic mass is 16.2. The molecule has 5 nitrogen and oxygen atoms in total. The summed E-state index contributed by atoms with van der Waals surface area (Å²) >= 11 is 0. The Balaban J connectivity index is 2.15. The van der Waals surface area contributed by atoms with Gasteiger partial charge in [0.05, 0.1) is 24.2 Å². The van der Waals surface area contributed by atoms with E-state index in [9.17, 15) is 4.79 Å². The maximum absolute atomic E-state index is 12.5. The van der Waals surface area contributed by atoms with E-state index in [0.717, 1.165) is 17.0 Å². The molecule has 0 N–H and O–H groups in total. The first-order valence-corrected chi connectivity index (χ1v) is 7.65. The number of carbonyl (C=O) groups is 1. The van der Waals surface area contributed by atoms with Crippen LogP contribution >= 0.6 is 0 Å². The molecule has 1 atom stereocenters. The van der Waals surface area contributed by atoms with E-state index in [1.807, 2.05) is 49.7 Å². The van der Waals surface area contributed by atoms with Crippen LogP contribution in [0.3, 0.4) is 0 Å². The van der Waals surface area contributed by atoms with Gasteiger partial charge in [0, 0.05) is 24.8 Å². The van der Waals surface area contributed by atoms with Crippen LogP contribution in [0.2, 0.25) is 0 Å². The van der Waals surface area contributed by atoms with E-state index in [1.54, 1.807) is 18.0 Å². The van der Waals surface area contributed by atoms with Gasteiger partial charge in [-0.2, -0.15) is 10.4 Å². The predicted molar refractivity (Wildman–Crippen MR) is 89.0 cm³/mol. The van der Waals surface area contributed by atoms with Crippen LogP contribution in [0, 0.1) is 31.1 Å². The largest absolute Gasteiger partial charge is 0.340 e. The van der Waals surface area contributed by atoms with Gasteiger partial charge in [-0.25, -0.2) is 0 Å². The van der Waals surface area contributed by atoms with E-state index in [4.69, 9.17) is 5.26 Å². The molecular weight excluding hydrogens is 288 g/mol. The second kappa shape index (κ2) is 7.10. The molecule has 0 saturated carbocycles. The van der Waals surface area contributed by atoms with Crippen LogP contribution in [0.25, 0.3) is 0 Å². The molecule has 2 aromatic rings. The minimum Gasteiger partial charge on any atom is -0.340 e. The van der Waals surface area contributed by atoms with E-state index >= 15 is 0 Å². The number of rotatable bonds is 5. The zero-order valence-corrected chi connectivity index (χ0v) is 14.1. The van der Waals surface area contributed by atoms with Gasteiger partial charge in [-0.1, -0.05) is 12.1 Å². The highest BCUT2D eigenvalue weighted by molar-refractivity contribution is 5.94. The number of nitriles is 1. The molecule has 0 fully saturated rings. The first kappa shape index (κ1) is 16.8. The highest BCUT2D eigenvalue weighted by Gasteiger charge is 2.14. The number of hydrogen-bond donors (Lipinski definition) is 0. The SMILES string of the molecule is Cc1cc(C)n(Cc2cccc(C(=O)N(C)C[C@H](C)C#N)c2)n1. The number of amides is 1. The number of aryl methyl sites for hydroxylation is 2. The molecule has 0 radical (unpaired) electrons. The lowest BCUT2D eigenvalue weighted by molar-refractivity contribution is 0.0785. The lowest BCUT2D eigenvalue weighted by Gasteiger charge is -2.18. The molecule has 5 heteroatoms. The molecule has 1 heterocycles. The number of nitrogens with zero attached hydrogens (tertiary/aromatic N) is 4. The highest BCUT2D eigenvalue weighted by Crippen LogP contribution is 2.12.